The normalized spacial score (nSPS) is 12.3. The molecule has 1 heterocycles. The van der Waals surface area contributed by atoms with Gasteiger partial charge in [-0.25, -0.2) is 0 Å². The van der Waals surface area contributed by atoms with Crippen molar-refractivity contribution in [3.05, 3.63) is 23.0 Å². The third kappa shape index (κ3) is 3.96. The first-order chi connectivity index (χ1) is 8.86. The summed E-state index contributed by atoms with van der Waals surface area (Å²) in [5.41, 5.74) is 7.57. The predicted octanol–water partition coefficient (Wildman–Crippen LogP) is 1.39. The third-order valence-corrected chi connectivity index (χ3v) is 3.09. The molecule has 3 N–H and O–H groups in total. The molecule has 0 aromatic carbocycles. The molecule has 0 radical (unpaired) electrons. The van der Waals surface area contributed by atoms with E-state index in [1.165, 1.54) is 0 Å². The maximum absolute atomic E-state index is 12.3. The molecule has 19 heavy (non-hydrogen) atoms. The lowest BCUT2D eigenvalue weighted by atomic mass is 10.0. The van der Waals surface area contributed by atoms with E-state index in [0.29, 0.717) is 28.4 Å². The van der Waals surface area contributed by atoms with Crippen LogP contribution in [-0.4, -0.2) is 27.1 Å². The largest absolute Gasteiger partial charge is 0.392 e. The van der Waals surface area contributed by atoms with Crippen molar-refractivity contribution in [2.45, 2.75) is 40.2 Å². The van der Waals surface area contributed by atoms with Gasteiger partial charge in [0.15, 0.2) is 0 Å². The summed E-state index contributed by atoms with van der Waals surface area (Å²) in [6.07, 6.45) is 0.648. The molecule has 0 aliphatic rings. The third-order valence-electron chi connectivity index (χ3n) is 2.83. The number of aromatic nitrogens is 2. The molecule has 5 nitrogen and oxygen atoms in total. The molecule has 0 saturated carbocycles. The molecular weight excluding hydrogens is 260 g/mol. The molecule has 1 aromatic rings. The number of rotatable bonds is 5. The van der Waals surface area contributed by atoms with Crippen LogP contribution in [0.5, 0.6) is 0 Å². The molecule has 0 aliphatic heterocycles. The Morgan fingerprint density at radius 1 is 1.47 bits per heavy atom. The van der Waals surface area contributed by atoms with Crippen molar-refractivity contribution in [2.24, 2.45) is 11.7 Å². The summed E-state index contributed by atoms with van der Waals surface area (Å²) in [5, 5.41) is 10.9. The highest BCUT2D eigenvalue weighted by atomic mass is 32.1. The molecule has 0 aliphatic carbocycles. The maximum atomic E-state index is 12.3. The molecular formula is C13H20N4OS. The highest BCUT2D eigenvalue weighted by Crippen LogP contribution is 2.10. The number of nitrogens with one attached hydrogen (secondary N) is 1. The van der Waals surface area contributed by atoms with E-state index in [4.69, 9.17) is 18.0 Å². The van der Waals surface area contributed by atoms with E-state index in [1.54, 1.807) is 13.0 Å². The number of amides is 1. The topological polar surface area (TPSA) is 80.9 Å². The number of aryl methyl sites for hydroxylation is 2. The first kappa shape index (κ1) is 15.5. The van der Waals surface area contributed by atoms with Crippen LogP contribution < -0.4 is 11.1 Å². The Morgan fingerprint density at radius 3 is 2.58 bits per heavy atom. The van der Waals surface area contributed by atoms with Crippen LogP contribution in [0.3, 0.4) is 0 Å². The predicted molar refractivity (Wildman–Crippen MR) is 79.0 cm³/mol. The summed E-state index contributed by atoms with van der Waals surface area (Å²) in [5.74, 6) is -0.0660. The average molecular weight is 280 g/mol. The van der Waals surface area contributed by atoms with Crippen molar-refractivity contribution >= 4 is 23.1 Å². The van der Waals surface area contributed by atoms with Gasteiger partial charge in [0.05, 0.1) is 28.0 Å². The van der Waals surface area contributed by atoms with Crippen molar-refractivity contribution < 1.29 is 4.79 Å². The molecule has 1 atom stereocenters. The summed E-state index contributed by atoms with van der Waals surface area (Å²) in [6.45, 7) is 7.65. The van der Waals surface area contributed by atoms with E-state index >= 15 is 0 Å². The van der Waals surface area contributed by atoms with E-state index in [9.17, 15) is 4.79 Å². The van der Waals surface area contributed by atoms with Crippen LogP contribution in [0.1, 0.15) is 42.5 Å². The van der Waals surface area contributed by atoms with Gasteiger partial charge in [-0.15, -0.1) is 0 Å². The van der Waals surface area contributed by atoms with Crippen LogP contribution in [0.15, 0.2) is 6.07 Å². The van der Waals surface area contributed by atoms with Crippen molar-refractivity contribution in [1.29, 1.82) is 0 Å². The van der Waals surface area contributed by atoms with Crippen LogP contribution in [0.4, 0.5) is 0 Å². The Balaban J connectivity index is 3.00. The minimum atomic E-state index is -0.319. The van der Waals surface area contributed by atoms with E-state index in [0.717, 1.165) is 0 Å². The van der Waals surface area contributed by atoms with Gasteiger partial charge in [-0.1, -0.05) is 33.0 Å². The molecule has 1 aromatic heterocycles. The molecule has 0 spiro atoms. The van der Waals surface area contributed by atoms with E-state index in [2.05, 4.69) is 15.5 Å². The van der Waals surface area contributed by atoms with E-state index < -0.39 is 0 Å². The van der Waals surface area contributed by atoms with Crippen molar-refractivity contribution in [1.82, 2.24) is 15.5 Å². The highest BCUT2D eigenvalue weighted by Gasteiger charge is 2.21. The highest BCUT2D eigenvalue weighted by molar-refractivity contribution is 7.80. The van der Waals surface area contributed by atoms with Gasteiger partial charge < -0.3 is 11.1 Å². The summed E-state index contributed by atoms with van der Waals surface area (Å²) in [7, 11) is 0. The number of nitrogens with two attached hydrogens (primary N) is 1. The van der Waals surface area contributed by atoms with Crippen LogP contribution >= 0.6 is 12.2 Å². The summed E-state index contributed by atoms with van der Waals surface area (Å²) in [4.78, 5) is 12.6. The van der Waals surface area contributed by atoms with Gasteiger partial charge in [0.2, 0.25) is 0 Å². The minimum Gasteiger partial charge on any atom is -0.392 e. The zero-order valence-electron chi connectivity index (χ0n) is 11.7. The van der Waals surface area contributed by atoms with Crippen molar-refractivity contribution in [2.75, 3.05) is 0 Å². The number of carbonyl (C=O) groups is 1. The Labute approximate surface area is 119 Å². The van der Waals surface area contributed by atoms with Gasteiger partial charge in [-0.3, -0.25) is 4.79 Å². The molecule has 0 fully saturated rings. The maximum Gasteiger partial charge on any atom is 0.253 e. The summed E-state index contributed by atoms with van der Waals surface area (Å²) >= 11 is 4.98. The fourth-order valence-electron chi connectivity index (χ4n) is 1.76. The van der Waals surface area contributed by atoms with Crippen molar-refractivity contribution in [3.63, 3.8) is 0 Å². The van der Waals surface area contributed by atoms with Gasteiger partial charge in [-0.2, -0.15) is 10.2 Å². The van der Waals surface area contributed by atoms with Crippen LogP contribution in [0, 0.1) is 12.8 Å². The molecule has 104 valence electrons. The van der Waals surface area contributed by atoms with Crippen molar-refractivity contribution in [3.8, 4) is 0 Å². The molecule has 0 bridgehead atoms. The Kier molecular flexibility index (Phi) is 5.35. The van der Waals surface area contributed by atoms with Gasteiger partial charge in [0, 0.05) is 0 Å². The average Bonchev–Trinajstić information content (AvgIpc) is 2.34. The van der Waals surface area contributed by atoms with Crippen LogP contribution in [0.25, 0.3) is 0 Å². The summed E-state index contributed by atoms with van der Waals surface area (Å²) < 4.78 is 0. The fraction of sp³-hybridized carbons (Fsp3) is 0.538. The molecule has 0 saturated heterocycles. The van der Waals surface area contributed by atoms with Gasteiger partial charge in [0.1, 0.15) is 0 Å². The Morgan fingerprint density at radius 2 is 2.11 bits per heavy atom. The standard InChI is InChI=1S/C13H20N4OS/c1-5-10-9(6-8(4)16-17-10)13(18)15-11(7(2)3)12(14)19/h6-7,11H,5H2,1-4H3,(H2,14,19)(H,15,18). The summed E-state index contributed by atoms with van der Waals surface area (Å²) in [6, 6.07) is 1.42. The lowest BCUT2D eigenvalue weighted by molar-refractivity contribution is 0.0938. The SMILES string of the molecule is CCc1nnc(C)cc1C(=O)NC(C(N)=S)C(C)C. The zero-order valence-corrected chi connectivity index (χ0v) is 12.5. The molecule has 1 rings (SSSR count). The molecule has 1 amide bonds. The van der Waals surface area contributed by atoms with Gasteiger partial charge in [-0.05, 0) is 25.3 Å². The van der Waals surface area contributed by atoms with E-state index in [1.807, 2.05) is 20.8 Å². The Hall–Kier alpha value is -1.56. The number of carbonyl (C=O) groups excluding carboxylic acids is 1. The quantitative estimate of drug-likeness (QED) is 0.797. The first-order valence-electron chi connectivity index (χ1n) is 6.30. The second-order valence-corrected chi connectivity index (χ2v) is 5.27. The fourth-order valence-corrected chi connectivity index (χ4v) is 2.09. The molecule has 6 heteroatoms. The number of hydrogen-bond acceptors (Lipinski definition) is 4. The number of thiocarbonyl (C=S) groups is 1. The lowest BCUT2D eigenvalue weighted by Gasteiger charge is -2.21. The zero-order chi connectivity index (χ0) is 14.6. The molecule has 1 unspecified atom stereocenters. The lowest BCUT2D eigenvalue weighted by Crippen LogP contribution is -2.47. The number of nitrogens with zero attached hydrogens (tertiary/aromatic N) is 2. The second-order valence-electron chi connectivity index (χ2n) is 4.80. The smallest absolute Gasteiger partial charge is 0.253 e. The van der Waals surface area contributed by atoms with Gasteiger partial charge >= 0.3 is 0 Å². The van der Waals surface area contributed by atoms with E-state index in [-0.39, 0.29) is 17.9 Å². The van der Waals surface area contributed by atoms with Crippen LogP contribution in [0.2, 0.25) is 0 Å². The Bertz CT molecular complexity index is 488. The minimum absolute atomic E-state index is 0.141. The van der Waals surface area contributed by atoms with Gasteiger partial charge in [0.25, 0.3) is 5.91 Å². The second kappa shape index (κ2) is 6.56. The first-order valence-corrected chi connectivity index (χ1v) is 6.71. The number of hydrogen-bond donors (Lipinski definition) is 2. The monoisotopic (exact) mass is 280 g/mol. The van der Waals surface area contributed by atoms with Crippen LogP contribution in [-0.2, 0) is 6.42 Å².